The van der Waals surface area contributed by atoms with Crippen LogP contribution in [0.3, 0.4) is 0 Å². The van der Waals surface area contributed by atoms with E-state index >= 15 is 0 Å². The lowest BCUT2D eigenvalue weighted by molar-refractivity contribution is -0.118. The summed E-state index contributed by atoms with van der Waals surface area (Å²) in [4.78, 5) is 22.3. The van der Waals surface area contributed by atoms with Crippen LogP contribution in [-0.4, -0.2) is 32.2 Å². The van der Waals surface area contributed by atoms with Gasteiger partial charge in [0.05, 0.1) is 10.7 Å². The highest BCUT2D eigenvalue weighted by Crippen LogP contribution is 2.29. The van der Waals surface area contributed by atoms with Crippen molar-refractivity contribution in [3.63, 3.8) is 0 Å². The molecule has 0 bridgehead atoms. The Morgan fingerprint density at radius 2 is 2.21 bits per heavy atom. The molecule has 33 heavy (non-hydrogen) atoms. The molecule has 0 unspecified atom stereocenters. The first-order valence-corrected chi connectivity index (χ1v) is 13.1. The van der Waals surface area contributed by atoms with Gasteiger partial charge < -0.3 is 5.32 Å². The summed E-state index contributed by atoms with van der Waals surface area (Å²) < 4.78 is 1.73. The highest BCUT2D eigenvalue weighted by atomic mass is 32.1. The van der Waals surface area contributed by atoms with Gasteiger partial charge in [-0.25, -0.2) is 9.67 Å². The maximum atomic E-state index is 12.1. The number of anilines is 1. The highest BCUT2D eigenvalue weighted by Gasteiger charge is 2.18. The van der Waals surface area contributed by atoms with E-state index in [0.29, 0.717) is 17.7 Å². The second-order valence-electron chi connectivity index (χ2n) is 8.50. The van der Waals surface area contributed by atoms with Crippen molar-refractivity contribution in [2.75, 3.05) is 11.9 Å². The van der Waals surface area contributed by atoms with E-state index in [2.05, 4.69) is 49.8 Å². The number of hydrogen-bond donors (Lipinski definition) is 2. The number of amides is 1. The van der Waals surface area contributed by atoms with E-state index in [-0.39, 0.29) is 11.8 Å². The summed E-state index contributed by atoms with van der Waals surface area (Å²) in [6, 6.07) is 2.14. The van der Waals surface area contributed by atoms with E-state index in [4.69, 9.17) is 0 Å². The standard InChI is InChI=1S/C24H30N6OS2/c1-16(2)23(31)28-24-27-21(8-7-18-5-4-6-18)30(29-24)17(3)19-13-20(33-15-19)14-25-10-9-22-26-11-12-32-22/h7-8,11-13,15-16,18,25H,3-6,9-10,14H2,1-2H3,(H,28,29,31)/b8-7+. The smallest absolute Gasteiger partial charge is 0.249 e. The lowest BCUT2D eigenvalue weighted by Crippen LogP contribution is -2.18. The average molecular weight is 483 g/mol. The van der Waals surface area contributed by atoms with Crippen LogP contribution in [-0.2, 0) is 17.8 Å². The van der Waals surface area contributed by atoms with Crippen LogP contribution in [0.2, 0.25) is 0 Å². The number of carbonyl (C=O) groups excluding carboxylic acids is 1. The zero-order valence-corrected chi connectivity index (χ0v) is 20.7. The largest absolute Gasteiger partial charge is 0.311 e. The van der Waals surface area contributed by atoms with E-state index in [1.807, 2.05) is 31.5 Å². The van der Waals surface area contributed by atoms with Gasteiger partial charge in [-0.2, -0.15) is 4.98 Å². The van der Waals surface area contributed by atoms with Gasteiger partial charge in [-0.05, 0) is 30.9 Å². The summed E-state index contributed by atoms with van der Waals surface area (Å²) in [6.07, 6.45) is 10.7. The fraction of sp³-hybridized carbons (Fsp3) is 0.417. The first-order valence-electron chi connectivity index (χ1n) is 11.3. The number of nitrogens with one attached hydrogen (secondary N) is 2. The van der Waals surface area contributed by atoms with Crippen LogP contribution >= 0.6 is 22.7 Å². The normalized spacial score (nSPS) is 14.2. The molecule has 3 heterocycles. The molecule has 2 N–H and O–H groups in total. The third-order valence-corrected chi connectivity index (χ3v) is 7.38. The van der Waals surface area contributed by atoms with Gasteiger partial charge >= 0.3 is 0 Å². The molecule has 1 fully saturated rings. The SMILES string of the molecule is C=C(c1csc(CNCCc2nccs2)c1)n1nc(NC(=O)C(C)C)nc1/C=C/C1CCC1. The van der Waals surface area contributed by atoms with E-state index < -0.39 is 0 Å². The van der Waals surface area contributed by atoms with Gasteiger partial charge in [-0.15, -0.1) is 27.8 Å². The van der Waals surface area contributed by atoms with Crippen LogP contribution in [0.25, 0.3) is 11.8 Å². The number of nitrogens with zero attached hydrogens (tertiary/aromatic N) is 4. The van der Waals surface area contributed by atoms with E-state index in [9.17, 15) is 4.79 Å². The lowest BCUT2D eigenvalue weighted by Gasteiger charge is -2.21. The number of rotatable bonds is 11. The Morgan fingerprint density at radius 3 is 2.91 bits per heavy atom. The third-order valence-electron chi connectivity index (χ3n) is 5.60. The Kier molecular flexibility index (Phi) is 7.85. The molecule has 0 atom stereocenters. The summed E-state index contributed by atoms with van der Waals surface area (Å²) in [7, 11) is 0. The summed E-state index contributed by atoms with van der Waals surface area (Å²) in [5.41, 5.74) is 1.74. The first-order chi connectivity index (χ1) is 16.0. The molecular formula is C24H30N6OS2. The number of hydrogen-bond acceptors (Lipinski definition) is 7. The molecule has 0 spiro atoms. The molecule has 4 rings (SSSR count). The molecule has 3 aromatic rings. The summed E-state index contributed by atoms with van der Waals surface area (Å²) in [6.45, 7) is 9.66. The van der Waals surface area contributed by atoms with Crippen LogP contribution < -0.4 is 10.6 Å². The van der Waals surface area contributed by atoms with Crippen molar-refractivity contribution < 1.29 is 4.79 Å². The van der Waals surface area contributed by atoms with E-state index in [1.165, 1.54) is 24.1 Å². The van der Waals surface area contributed by atoms with Crippen molar-refractivity contribution in [1.29, 1.82) is 0 Å². The van der Waals surface area contributed by atoms with Gasteiger partial charge in [0.1, 0.15) is 0 Å². The number of aromatic nitrogens is 4. The molecule has 0 aromatic carbocycles. The molecule has 3 aromatic heterocycles. The highest BCUT2D eigenvalue weighted by molar-refractivity contribution is 7.10. The van der Waals surface area contributed by atoms with Crippen LogP contribution in [0.1, 0.15) is 54.4 Å². The second-order valence-corrected chi connectivity index (χ2v) is 10.5. The van der Waals surface area contributed by atoms with Gasteiger partial charge in [0.15, 0.2) is 5.82 Å². The number of thiophene rings is 1. The fourth-order valence-electron chi connectivity index (χ4n) is 3.32. The van der Waals surface area contributed by atoms with Crippen molar-refractivity contribution in [2.45, 2.75) is 46.1 Å². The maximum absolute atomic E-state index is 12.1. The minimum Gasteiger partial charge on any atom is -0.311 e. The zero-order chi connectivity index (χ0) is 23.2. The third kappa shape index (κ3) is 6.25. The zero-order valence-electron chi connectivity index (χ0n) is 19.1. The monoisotopic (exact) mass is 482 g/mol. The van der Waals surface area contributed by atoms with Gasteiger partial charge in [0.2, 0.25) is 11.9 Å². The van der Waals surface area contributed by atoms with Gasteiger partial charge in [0.25, 0.3) is 0 Å². The van der Waals surface area contributed by atoms with E-state index in [0.717, 1.165) is 35.8 Å². The van der Waals surface area contributed by atoms with Crippen LogP contribution in [0.5, 0.6) is 0 Å². The first kappa shape index (κ1) is 23.5. The summed E-state index contributed by atoms with van der Waals surface area (Å²) in [5.74, 6) is 1.34. The topological polar surface area (TPSA) is 84.7 Å². The molecule has 7 nitrogen and oxygen atoms in total. The summed E-state index contributed by atoms with van der Waals surface area (Å²) >= 11 is 3.38. The molecule has 1 amide bonds. The minimum atomic E-state index is -0.142. The Balaban J connectivity index is 1.43. The summed E-state index contributed by atoms with van der Waals surface area (Å²) in [5, 5.41) is 16.1. The lowest BCUT2D eigenvalue weighted by atomic mass is 9.85. The van der Waals surface area contributed by atoms with Gasteiger partial charge in [-0.1, -0.05) is 32.9 Å². The molecule has 9 heteroatoms. The Hall–Kier alpha value is -2.62. The second kappa shape index (κ2) is 11.0. The van der Waals surface area contributed by atoms with Gasteiger partial charge in [-0.3, -0.25) is 10.1 Å². The maximum Gasteiger partial charge on any atom is 0.249 e. The molecule has 1 saturated carbocycles. The van der Waals surface area contributed by atoms with Crippen LogP contribution in [0, 0.1) is 11.8 Å². The number of thiazole rings is 1. The molecule has 1 aliphatic rings. The molecule has 1 aliphatic carbocycles. The quantitative estimate of drug-likeness (QED) is 0.373. The molecule has 0 saturated heterocycles. The van der Waals surface area contributed by atoms with E-state index in [1.54, 1.807) is 27.4 Å². The average Bonchev–Trinajstić information content (AvgIpc) is 3.51. The van der Waals surface area contributed by atoms with Crippen LogP contribution in [0.4, 0.5) is 5.95 Å². The Bertz CT molecular complexity index is 1110. The predicted molar refractivity (Wildman–Crippen MR) is 136 cm³/mol. The Morgan fingerprint density at radius 1 is 1.36 bits per heavy atom. The number of allylic oxidation sites excluding steroid dienone is 1. The predicted octanol–water partition coefficient (Wildman–Crippen LogP) is 5.06. The van der Waals surface area contributed by atoms with Gasteiger partial charge in [0, 0.05) is 52.8 Å². The minimum absolute atomic E-state index is 0.103. The fourth-order valence-corrected chi connectivity index (χ4v) is 4.81. The Labute approximate surface area is 202 Å². The number of carbonyl (C=O) groups is 1. The van der Waals surface area contributed by atoms with Crippen molar-refractivity contribution >= 4 is 46.3 Å². The van der Waals surface area contributed by atoms with Crippen molar-refractivity contribution in [3.8, 4) is 0 Å². The van der Waals surface area contributed by atoms with Crippen molar-refractivity contribution in [2.24, 2.45) is 11.8 Å². The molecule has 0 aliphatic heterocycles. The van der Waals surface area contributed by atoms with Crippen molar-refractivity contribution in [3.05, 3.63) is 57.0 Å². The molecule has 0 radical (unpaired) electrons. The molecular weight excluding hydrogens is 452 g/mol. The molecule has 174 valence electrons. The van der Waals surface area contributed by atoms with Crippen molar-refractivity contribution in [1.82, 2.24) is 25.1 Å². The van der Waals surface area contributed by atoms with Crippen LogP contribution in [0.15, 0.2) is 35.7 Å².